The number of likely N-dealkylation sites (tertiary alicyclic amines) is 2. The van der Waals surface area contributed by atoms with Gasteiger partial charge in [0, 0.05) is 44.2 Å². The zero-order valence-corrected chi connectivity index (χ0v) is 17.0. The highest BCUT2D eigenvalue weighted by molar-refractivity contribution is 5.94. The molecule has 5 rings (SSSR count). The lowest BCUT2D eigenvalue weighted by Gasteiger charge is -2.32. The summed E-state index contributed by atoms with van der Waals surface area (Å²) in [6.45, 7) is 7.61. The average molecular weight is 395 g/mol. The molecule has 29 heavy (non-hydrogen) atoms. The highest BCUT2D eigenvalue weighted by Crippen LogP contribution is 2.28. The van der Waals surface area contributed by atoms with Crippen molar-refractivity contribution in [2.45, 2.75) is 51.2 Å². The Morgan fingerprint density at radius 2 is 1.90 bits per heavy atom. The Morgan fingerprint density at radius 3 is 2.72 bits per heavy atom. The van der Waals surface area contributed by atoms with Crippen LogP contribution >= 0.6 is 0 Å². The lowest BCUT2D eigenvalue weighted by molar-refractivity contribution is 0.0710. The molecule has 3 aliphatic rings. The first-order valence-corrected chi connectivity index (χ1v) is 11.0. The summed E-state index contributed by atoms with van der Waals surface area (Å²) >= 11 is 0. The van der Waals surface area contributed by atoms with Crippen LogP contribution in [0, 0.1) is 0 Å². The molecule has 1 aromatic carbocycles. The third-order valence-electron chi connectivity index (χ3n) is 6.58. The Morgan fingerprint density at radius 1 is 1.07 bits per heavy atom. The van der Waals surface area contributed by atoms with Crippen LogP contribution in [0.15, 0.2) is 24.3 Å². The summed E-state index contributed by atoms with van der Waals surface area (Å²) in [5, 5.41) is 12.2. The van der Waals surface area contributed by atoms with Gasteiger partial charge in [-0.25, -0.2) is 0 Å². The number of fused-ring (bicyclic) bond motifs is 1. The molecule has 3 aliphatic heterocycles. The first-order valence-electron chi connectivity index (χ1n) is 11.0. The van der Waals surface area contributed by atoms with Crippen molar-refractivity contribution in [1.29, 1.82) is 0 Å². The number of hydrogen-bond donors (Lipinski definition) is 1. The van der Waals surface area contributed by atoms with Crippen molar-refractivity contribution < 1.29 is 4.79 Å². The summed E-state index contributed by atoms with van der Waals surface area (Å²) in [6, 6.07) is 8.23. The van der Waals surface area contributed by atoms with Crippen molar-refractivity contribution >= 4 is 5.91 Å². The van der Waals surface area contributed by atoms with Crippen LogP contribution in [0.3, 0.4) is 0 Å². The SMILES string of the molecule is O=C(c1cccc(CN2CCCC2)c1)N1CCC(c2nnc3n2CCNC3)CC1. The van der Waals surface area contributed by atoms with Crippen molar-refractivity contribution in [3.05, 3.63) is 47.0 Å². The molecule has 1 amide bonds. The quantitative estimate of drug-likeness (QED) is 0.859. The first-order chi connectivity index (χ1) is 14.3. The number of carbonyl (C=O) groups is 1. The number of benzene rings is 1. The van der Waals surface area contributed by atoms with Gasteiger partial charge in [-0.15, -0.1) is 10.2 Å². The number of hydrogen-bond acceptors (Lipinski definition) is 5. The fourth-order valence-electron chi connectivity index (χ4n) is 4.94. The number of rotatable bonds is 4. The Bertz CT molecular complexity index is 864. The standard InChI is InChI=1S/C22H30N6O/c29-22(19-5-3-4-17(14-19)16-26-9-1-2-10-26)27-11-6-18(7-12-27)21-25-24-20-15-23-8-13-28(20)21/h3-5,14,18,23H,1-2,6-13,15-16H2. The Kier molecular flexibility index (Phi) is 5.33. The predicted molar refractivity (Wildman–Crippen MR) is 111 cm³/mol. The van der Waals surface area contributed by atoms with E-state index in [1.807, 2.05) is 17.0 Å². The van der Waals surface area contributed by atoms with Gasteiger partial charge in [-0.05, 0) is 56.5 Å². The van der Waals surface area contributed by atoms with E-state index >= 15 is 0 Å². The molecule has 0 bridgehead atoms. The molecular formula is C22H30N6O. The van der Waals surface area contributed by atoms with E-state index in [4.69, 9.17) is 0 Å². The number of nitrogens with one attached hydrogen (secondary N) is 1. The van der Waals surface area contributed by atoms with E-state index in [9.17, 15) is 4.79 Å². The van der Waals surface area contributed by atoms with E-state index in [-0.39, 0.29) is 5.91 Å². The zero-order valence-electron chi connectivity index (χ0n) is 17.0. The minimum atomic E-state index is 0.166. The maximum absolute atomic E-state index is 13.1. The van der Waals surface area contributed by atoms with E-state index in [0.717, 1.165) is 69.3 Å². The van der Waals surface area contributed by atoms with Crippen molar-refractivity contribution in [2.75, 3.05) is 32.7 Å². The van der Waals surface area contributed by atoms with Crippen LogP contribution in [-0.2, 0) is 19.6 Å². The van der Waals surface area contributed by atoms with E-state index in [2.05, 4.69) is 37.1 Å². The van der Waals surface area contributed by atoms with Crippen molar-refractivity contribution in [1.82, 2.24) is 29.9 Å². The molecule has 1 aromatic heterocycles. The molecule has 2 fully saturated rings. The van der Waals surface area contributed by atoms with Crippen LogP contribution in [0.5, 0.6) is 0 Å². The smallest absolute Gasteiger partial charge is 0.253 e. The first kappa shape index (κ1) is 18.8. The van der Waals surface area contributed by atoms with Gasteiger partial charge in [-0.2, -0.15) is 0 Å². The monoisotopic (exact) mass is 394 g/mol. The lowest BCUT2D eigenvalue weighted by Crippen LogP contribution is -2.39. The molecule has 4 heterocycles. The number of piperidine rings is 1. The van der Waals surface area contributed by atoms with Gasteiger partial charge < -0.3 is 14.8 Å². The molecule has 0 radical (unpaired) electrons. The maximum Gasteiger partial charge on any atom is 0.253 e. The van der Waals surface area contributed by atoms with Crippen LogP contribution in [0.4, 0.5) is 0 Å². The molecule has 0 saturated carbocycles. The number of nitrogens with zero attached hydrogens (tertiary/aromatic N) is 5. The van der Waals surface area contributed by atoms with Gasteiger partial charge in [0.2, 0.25) is 0 Å². The van der Waals surface area contributed by atoms with Crippen LogP contribution in [-0.4, -0.2) is 63.2 Å². The number of carbonyl (C=O) groups excluding carboxylic acids is 1. The summed E-state index contributed by atoms with van der Waals surface area (Å²) in [4.78, 5) is 17.6. The Hall–Kier alpha value is -2.25. The van der Waals surface area contributed by atoms with Crippen molar-refractivity contribution in [2.24, 2.45) is 0 Å². The predicted octanol–water partition coefficient (Wildman–Crippen LogP) is 2.00. The summed E-state index contributed by atoms with van der Waals surface area (Å²) in [6.07, 6.45) is 4.51. The minimum Gasteiger partial charge on any atom is -0.339 e. The Labute approximate surface area is 172 Å². The Balaban J connectivity index is 1.22. The second-order valence-electron chi connectivity index (χ2n) is 8.55. The third-order valence-corrected chi connectivity index (χ3v) is 6.58. The topological polar surface area (TPSA) is 66.3 Å². The second-order valence-corrected chi connectivity index (χ2v) is 8.55. The fourth-order valence-corrected chi connectivity index (χ4v) is 4.94. The summed E-state index contributed by atoms with van der Waals surface area (Å²) < 4.78 is 2.28. The van der Waals surface area contributed by atoms with Gasteiger partial charge in [0.05, 0.1) is 6.54 Å². The fraction of sp³-hybridized carbons (Fsp3) is 0.591. The largest absolute Gasteiger partial charge is 0.339 e. The summed E-state index contributed by atoms with van der Waals surface area (Å²) in [7, 11) is 0. The van der Waals surface area contributed by atoms with E-state index < -0.39 is 0 Å². The second kappa shape index (κ2) is 8.24. The van der Waals surface area contributed by atoms with Crippen molar-refractivity contribution in [3.63, 3.8) is 0 Å². The normalized spacial score (nSPS) is 20.8. The van der Waals surface area contributed by atoms with Crippen LogP contribution in [0.1, 0.15) is 59.2 Å². The maximum atomic E-state index is 13.1. The molecule has 0 spiro atoms. The van der Waals surface area contributed by atoms with Gasteiger partial charge in [0.25, 0.3) is 5.91 Å². The van der Waals surface area contributed by atoms with Gasteiger partial charge >= 0.3 is 0 Å². The van der Waals surface area contributed by atoms with Crippen LogP contribution in [0.2, 0.25) is 0 Å². The number of amides is 1. The van der Waals surface area contributed by atoms with Gasteiger partial charge in [0.15, 0.2) is 0 Å². The highest BCUT2D eigenvalue weighted by atomic mass is 16.2. The molecule has 0 unspecified atom stereocenters. The van der Waals surface area contributed by atoms with Gasteiger partial charge in [-0.1, -0.05) is 12.1 Å². The molecule has 0 atom stereocenters. The molecule has 7 heteroatoms. The third kappa shape index (κ3) is 3.94. The zero-order chi connectivity index (χ0) is 19.6. The van der Waals surface area contributed by atoms with Gasteiger partial charge in [0.1, 0.15) is 11.6 Å². The van der Waals surface area contributed by atoms with E-state index in [0.29, 0.717) is 5.92 Å². The summed E-state index contributed by atoms with van der Waals surface area (Å²) in [5.41, 5.74) is 2.07. The van der Waals surface area contributed by atoms with Crippen LogP contribution < -0.4 is 5.32 Å². The van der Waals surface area contributed by atoms with Crippen LogP contribution in [0.25, 0.3) is 0 Å². The molecule has 2 aromatic rings. The van der Waals surface area contributed by atoms with Gasteiger partial charge in [-0.3, -0.25) is 9.69 Å². The lowest BCUT2D eigenvalue weighted by atomic mass is 9.95. The minimum absolute atomic E-state index is 0.166. The molecule has 1 N–H and O–H groups in total. The molecular weight excluding hydrogens is 364 g/mol. The van der Waals surface area contributed by atoms with E-state index in [1.165, 1.54) is 31.5 Å². The summed E-state index contributed by atoms with van der Waals surface area (Å²) in [5.74, 6) is 2.72. The molecule has 7 nitrogen and oxygen atoms in total. The van der Waals surface area contributed by atoms with E-state index in [1.54, 1.807) is 0 Å². The average Bonchev–Trinajstić information content (AvgIpc) is 3.43. The molecule has 154 valence electrons. The molecule has 0 aliphatic carbocycles. The molecule has 2 saturated heterocycles. The number of aromatic nitrogens is 3. The van der Waals surface area contributed by atoms with Crippen molar-refractivity contribution in [3.8, 4) is 0 Å². The highest BCUT2D eigenvalue weighted by Gasteiger charge is 2.29.